The van der Waals surface area contributed by atoms with Gasteiger partial charge in [-0.05, 0) is 60.7 Å². The Morgan fingerprint density at radius 2 is 0.932 bits per heavy atom. The molecule has 0 amide bonds. The number of benzene rings is 6. The highest BCUT2D eigenvalue weighted by molar-refractivity contribution is 6.22. The van der Waals surface area contributed by atoms with Crippen molar-refractivity contribution in [2.45, 2.75) is 0 Å². The third kappa shape index (κ3) is 3.26. The first kappa shape index (κ1) is 23.5. The molecule has 0 N–H and O–H groups in total. The minimum atomic E-state index is 0.816. The summed E-state index contributed by atoms with van der Waals surface area (Å²) in [5.41, 5.74) is 8.13. The summed E-state index contributed by atoms with van der Waals surface area (Å²) in [4.78, 5) is 6.85. The van der Waals surface area contributed by atoms with E-state index in [9.17, 15) is 0 Å². The van der Waals surface area contributed by atoms with Crippen LogP contribution >= 0.6 is 0 Å². The van der Waals surface area contributed by atoms with Crippen molar-refractivity contribution in [2.24, 2.45) is 0 Å². The van der Waals surface area contributed by atoms with E-state index in [-0.39, 0.29) is 0 Å². The molecule has 0 saturated heterocycles. The Bertz CT molecular complexity index is 2630. The summed E-state index contributed by atoms with van der Waals surface area (Å²) in [5.74, 6) is 0. The van der Waals surface area contributed by atoms with E-state index in [4.69, 9.17) is 13.3 Å². The van der Waals surface area contributed by atoms with Gasteiger partial charge in [-0.3, -0.25) is 4.98 Å². The van der Waals surface area contributed by atoms with Crippen molar-refractivity contribution in [2.75, 3.05) is 4.90 Å². The van der Waals surface area contributed by atoms with E-state index >= 15 is 0 Å². The van der Waals surface area contributed by atoms with E-state index in [2.05, 4.69) is 94.8 Å². The Morgan fingerprint density at radius 1 is 0.409 bits per heavy atom. The third-order valence-electron chi connectivity index (χ3n) is 8.73. The Morgan fingerprint density at radius 3 is 1.57 bits per heavy atom. The van der Waals surface area contributed by atoms with Crippen molar-refractivity contribution in [3.8, 4) is 0 Å². The number of pyridine rings is 1. The molecule has 0 spiro atoms. The second-order valence-corrected chi connectivity index (χ2v) is 11.2. The lowest BCUT2D eigenvalue weighted by atomic mass is 10.0. The van der Waals surface area contributed by atoms with E-state index in [1.807, 2.05) is 48.8 Å². The lowest BCUT2D eigenvalue weighted by molar-refractivity contribution is 0.668. The van der Waals surface area contributed by atoms with E-state index in [1.165, 1.54) is 0 Å². The minimum Gasteiger partial charge on any atom is -0.456 e. The quantitative estimate of drug-likeness (QED) is 0.213. The van der Waals surface area contributed by atoms with Gasteiger partial charge < -0.3 is 18.2 Å². The van der Waals surface area contributed by atoms with Crippen molar-refractivity contribution in [1.29, 1.82) is 0 Å². The lowest BCUT2D eigenvalue weighted by Gasteiger charge is -2.27. The number of hydrogen-bond donors (Lipinski definition) is 0. The van der Waals surface area contributed by atoms with Crippen LogP contribution in [0.1, 0.15) is 0 Å². The highest BCUT2D eigenvalue weighted by atomic mass is 16.3. The predicted octanol–water partition coefficient (Wildman–Crippen LogP) is 11.4. The number of hydrogen-bond acceptors (Lipinski definition) is 5. The number of para-hydroxylation sites is 3. The number of rotatable bonds is 3. The topological polar surface area (TPSA) is 55.6 Å². The molecule has 0 bridgehead atoms. The summed E-state index contributed by atoms with van der Waals surface area (Å²) in [5, 5.41) is 8.57. The molecule has 4 heterocycles. The molecule has 0 radical (unpaired) electrons. The van der Waals surface area contributed by atoms with Gasteiger partial charge in [-0.1, -0.05) is 54.6 Å². The van der Waals surface area contributed by atoms with E-state index in [0.29, 0.717) is 0 Å². The molecule has 44 heavy (non-hydrogen) atoms. The number of nitrogens with zero attached hydrogens (tertiary/aromatic N) is 2. The molecule has 10 rings (SSSR count). The van der Waals surface area contributed by atoms with Crippen molar-refractivity contribution >= 4 is 93.7 Å². The molecule has 10 aromatic rings. The maximum absolute atomic E-state index is 6.47. The van der Waals surface area contributed by atoms with Crippen LogP contribution in [0.5, 0.6) is 0 Å². The first-order chi connectivity index (χ1) is 21.8. The first-order valence-electron chi connectivity index (χ1n) is 14.6. The SMILES string of the molecule is c1ccc2c(c1)oc1ccc(N(c3ccc4oc5ccccc5c4c3)c3cc4oc5ccccc5c4c4cnccc34)cc12. The molecule has 5 heteroatoms. The number of aromatic nitrogens is 1. The zero-order valence-electron chi connectivity index (χ0n) is 23.3. The van der Waals surface area contributed by atoms with Gasteiger partial charge in [0.1, 0.15) is 33.5 Å². The van der Waals surface area contributed by atoms with Crippen LogP contribution < -0.4 is 4.90 Å². The largest absolute Gasteiger partial charge is 0.456 e. The first-order valence-corrected chi connectivity index (χ1v) is 14.6. The highest BCUT2D eigenvalue weighted by Gasteiger charge is 2.22. The second-order valence-electron chi connectivity index (χ2n) is 11.2. The average molecular weight is 567 g/mol. The molecule has 4 aromatic heterocycles. The fourth-order valence-corrected chi connectivity index (χ4v) is 6.78. The molecule has 6 aromatic carbocycles. The summed E-state index contributed by atoms with van der Waals surface area (Å²) < 4.78 is 18.9. The van der Waals surface area contributed by atoms with Crippen LogP contribution in [0.3, 0.4) is 0 Å². The van der Waals surface area contributed by atoms with Gasteiger partial charge in [0.05, 0.1) is 5.69 Å². The van der Waals surface area contributed by atoms with Gasteiger partial charge >= 0.3 is 0 Å². The standard InChI is InChI=1S/C39H22N2O3/c1-4-10-33-26(7-1)29-19-23(13-15-36(29)42-33)41(24-14-16-37-30(20-24)27-8-2-5-11-34(27)43-37)32-21-38-39(31-22-40-18-17-25(31)32)28-9-3-6-12-35(28)44-38/h1-22H. The van der Waals surface area contributed by atoms with Crippen LogP contribution in [0.15, 0.2) is 147 Å². The van der Waals surface area contributed by atoms with Crippen LogP contribution in [0.2, 0.25) is 0 Å². The summed E-state index contributed by atoms with van der Waals surface area (Å²) in [6.45, 7) is 0. The maximum Gasteiger partial charge on any atom is 0.138 e. The smallest absolute Gasteiger partial charge is 0.138 e. The van der Waals surface area contributed by atoms with Gasteiger partial charge in [-0.2, -0.15) is 0 Å². The molecular weight excluding hydrogens is 544 g/mol. The number of fused-ring (bicyclic) bond motifs is 11. The summed E-state index contributed by atoms with van der Waals surface area (Å²) in [6, 6.07) is 41.6. The van der Waals surface area contributed by atoms with Crippen LogP contribution in [-0.4, -0.2) is 4.98 Å². The summed E-state index contributed by atoms with van der Waals surface area (Å²) in [7, 11) is 0. The zero-order valence-corrected chi connectivity index (χ0v) is 23.3. The van der Waals surface area contributed by atoms with Crippen molar-refractivity contribution in [1.82, 2.24) is 4.98 Å². The van der Waals surface area contributed by atoms with Gasteiger partial charge in [0, 0.05) is 72.9 Å². The Kier molecular flexibility index (Phi) is 4.66. The molecular formula is C39H22N2O3. The number of anilines is 3. The van der Waals surface area contributed by atoms with Crippen molar-refractivity contribution in [3.63, 3.8) is 0 Å². The Balaban J connectivity index is 1.32. The fourth-order valence-electron chi connectivity index (χ4n) is 6.78. The van der Waals surface area contributed by atoms with Gasteiger partial charge in [-0.25, -0.2) is 0 Å². The van der Waals surface area contributed by atoms with E-state index < -0.39 is 0 Å². The average Bonchev–Trinajstić information content (AvgIpc) is 3.76. The predicted molar refractivity (Wildman–Crippen MR) is 178 cm³/mol. The molecule has 0 aliphatic carbocycles. The molecule has 0 saturated carbocycles. The minimum absolute atomic E-state index is 0.816. The molecule has 5 nitrogen and oxygen atoms in total. The number of furan rings is 3. The van der Waals surface area contributed by atoms with Crippen LogP contribution in [-0.2, 0) is 0 Å². The van der Waals surface area contributed by atoms with Crippen LogP contribution in [0.25, 0.3) is 76.6 Å². The van der Waals surface area contributed by atoms with E-state index in [0.717, 1.165) is 93.7 Å². The fraction of sp³-hybridized carbons (Fsp3) is 0. The maximum atomic E-state index is 6.47. The molecule has 206 valence electrons. The van der Waals surface area contributed by atoms with Gasteiger partial charge in [0.2, 0.25) is 0 Å². The Labute approximate surface area is 250 Å². The molecule has 0 fully saturated rings. The van der Waals surface area contributed by atoms with Crippen LogP contribution in [0, 0.1) is 0 Å². The highest BCUT2D eigenvalue weighted by Crippen LogP contribution is 2.46. The van der Waals surface area contributed by atoms with Crippen molar-refractivity contribution in [3.05, 3.63) is 134 Å². The molecule has 0 unspecified atom stereocenters. The van der Waals surface area contributed by atoms with Crippen molar-refractivity contribution < 1.29 is 13.3 Å². The van der Waals surface area contributed by atoms with Crippen LogP contribution in [0.4, 0.5) is 17.1 Å². The summed E-state index contributed by atoms with van der Waals surface area (Å²) in [6.07, 6.45) is 3.80. The Hall–Kier alpha value is -6.07. The van der Waals surface area contributed by atoms with Gasteiger partial charge in [0.25, 0.3) is 0 Å². The third-order valence-corrected chi connectivity index (χ3v) is 8.73. The second kappa shape index (κ2) is 8.72. The monoisotopic (exact) mass is 566 g/mol. The van der Waals surface area contributed by atoms with Gasteiger partial charge in [-0.15, -0.1) is 0 Å². The molecule has 0 aliphatic rings. The molecule has 0 atom stereocenters. The zero-order chi connectivity index (χ0) is 28.8. The normalized spacial score (nSPS) is 12.1. The summed E-state index contributed by atoms with van der Waals surface area (Å²) >= 11 is 0. The molecule has 0 aliphatic heterocycles. The lowest BCUT2D eigenvalue weighted by Crippen LogP contribution is -2.10. The van der Waals surface area contributed by atoms with E-state index in [1.54, 1.807) is 0 Å². The van der Waals surface area contributed by atoms with Gasteiger partial charge in [0.15, 0.2) is 0 Å².